The monoisotopic (exact) mass is 545 g/mol. The molecule has 4 rings (SSSR count). The lowest BCUT2D eigenvalue weighted by atomic mass is 9.98. The molecule has 1 fully saturated rings. The fourth-order valence-corrected chi connectivity index (χ4v) is 5.01. The molecule has 1 N–H and O–H groups in total. The molecule has 1 atom stereocenters. The predicted octanol–water partition coefficient (Wildman–Crippen LogP) is 4.42. The van der Waals surface area contributed by atoms with E-state index in [4.69, 9.17) is 33.0 Å². The van der Waals surface area contributed by atoms with E-state index in [1.54, 1.807) is 17.0 Å². The molecular formula is C27H33Cl2N5O3. The molecule has 0 aromatic heterocycles. The fourth-order valence-electron chi connectivity index (χ4n) is 4.50. The Hall–Kier alpha value is -2.65. The minimum absolute atomic E-state index is 0.0971. The van der Waals surface area contributed by atoms with Crippen LogP contribution in [0.15, 0.2) is 53.6 Å². The Balaban J connectivity index is 1.57. The van der Waals surface area contributed by atoms with Crippen LogP contribution < -0.4 is 5.32 Å². The number of ether oxygens (including phenoxy) is 1. The summed E-state index contributed by atoms with van der Waals surface area (Å²) in [5.74, 6) is -0.277. The van der Waals surface area contributed by atoms with Crippen molar-refractivity contribution in [2.24, 2.45) is 5.10 Å². The minimum Gasteiger partial charge on any atom is -0.379 e. The highest BCUT2D eigenvalue weighted by Gasteiger charge is 2.36. The molecule has 0 radical (unpaired) electrons. The molecule has 2 heterocycles. The average molecular weight is 546 g/mol. The van der Waals surface area contributed by atoms with E-state index >= 15 is 0 Å². The van der Waals surface area contributed by atoms with Crippen LogP contribution in [-0.2, 0) is 9.53 Å². The van der Waals surface area contributed by atoms with Crippen LogP contribution in [0.5, 0.6) is 0 Å². The van der Waals surface area contributed by atoms with Crippen LogP contribution in [-0.4, -0.2) is 84.9 Å². The van der Waals surface area contributed by atoms with Gasteiger partial charge in [-0.25, -0.2) is 9.80 Å². The van der Waals surface area contributed by atoms with Crippen molar-refractivity contribution < 1.29 is 14.3 Å². The quantitative estimate of drug-likeness (QED) is 0.505. The van der Waals surface area contributed by atoms with Gasteiger partial charge in [-0.15, -0.1) is 0 Å². The first-order chi connectivity index (χ1) is 18.0. The highest BCUT2D eigenvalue weighted by Crippen LogP contribution is 2.37. The summed E-state index contributed by atoms with van der Waals surface area (Å²) >= 11 is 13.0. The molecule has 2 aliphatic heterocycles. The summed E-state index contributed by atoms with van der Waals surface area (Å²) in [5, 5.41) is 10.2. The number of nitrogens with one attached hydrogen (secondary N) is 1. The maximum atomic E-state index is 13.7. The fraction of sp³-hybridized carbons (Fsp3) is 0.444. The maximum Gasteiger partial charge on any atom is 0.317 e. The van der Waals surface area contributed by atoms with Crippen molar-refractivity contribution in [2.45, 2.75) is 25.8 Å². The number of carbonyl (C=O) groups excluding carboxylic acids is 2. The van der Waals surface area contributed by atoms with Gasteiger partial charge in [-0.3, -0.25) is 9.69 Å². The third-order valence-electron chi connectivity index (χ3n) is 6.54. The largest absolute Gasteiger partial charge is 0.379 e. The zero-order valence-electron chi connectivity index (χ0n) is 21.0. The van der Waals surface area contributed by atoms with E-state index in [9.17, 15) is 9.59 Å². The van der Waals surface area contributed by atoms with Crippen molar-refractivity contribution in [1.29, 1.82) is 0 Å². The topological polar surface area (TPSA) is 77.5 Å². The molecule has 0 aliphatic carbocycles. The van der Waals surface area contributed by atoms with Crippen molar-refractivity contribution in [3.8, 4) is 0 Å². The number of urea groups is 1. The Morgan fingerprint density at radius 3 is 2.49 bits per heavy atom. The molecule has 0 unspecified atom stereocenters. The molecule has 3 amide bonds. The number of benzene rings is 2. The summed E-state index contributed by atoms with van der Waals surface area (Å²) in [4.78, 5) is 30.5. The lowest BCUT2D eigenvalue weighted by Crippen LogP contribution is -2.49. The van der Waals surface area contributed by atoms with Gasteiger partial charge in [-0.05, 0) is 24.1 Å². The van der Waals surface area contributed by atoms with Gasteiger partial charge in [0.15, 0.2) is 0 Å². The number of halogens is 2. The van der Waals surface area contributed by atoms with Crippen molar-refractivity contribution >= 4 is 40.9 Å². The van der Waals surface area contributed by atoms with E-state index < -0.39 is 6.04 Å². The second-order valence-electron chi connectivity index (χ2n) is 9.11. The molecular weight excluding hydrogens is 513 g/mol. The van der Waals surface area contributed by atoms with Crippen LogP contribution in [0.2, 0.25) is 10.0 Å². The number of nitrogens with zero attached hydrogens (tertiary/aromatic N) is 4. The second kappa shape index (κ2) is 13.2. The highest BCUT2D eigenvalue weighted by atomic mass is 35.5. The van der Waals surface area contributed by atoms with Crippen LogP contribution in [0.25, 0.3) is 0 Å². The van der Waals surface area contributed by atoms with Crippen molar-refractivity contribution in [1.82, 2.24) is 20.1 Å². The van der Waals surface area contributed by atoms with Gasteiger partial charge < -0.3 is 15.0 Å². The number of hydrogen-bond donors (Lipinski definition) is 1. The van der Waals surface area contributed by atoms with Gasteiger partial charge in [0.05, 0.1) is 25.0 Å². The average Bonchev–Trinajstić information content (AvgIpc) is 3.35. The third-order valence-corrected chi connectivity index (χ3v) is 7.22. The van der Waals surface area contributed by atoms with E-state index in [1.807, 2.05) is 43.3 Å². The molecule has 0 bridgehead atoms. The summed E-state index contributed by atoms with van der Waals surface area (Å²) in [7, 11) is 0. The SMILES string of the molecule is CCCNC(=O)N(CCN1CCOCC1)CC(=O)N1N=C(c2ccccc2Cl)C[C@@H]1c1ccccc1Cl. The van der Waals surface area contributed by atoms with Crippen molar-refractivity contribution in [2.75, 3.05) is 52.5 Å². The molecule has 10 heteroatoms. The summed E-state index contributed by atoms with van der Waals surface area (Å²) in [6.45, 7) is 6.50. The van der Waals surface area contributed by atoms with Crippen LogP contribution in [0.1, 0.15) is 36.9 Å². The summed E-state index contributed by atoms with van der Waals surface area (Å²) in [5.41, 5.74) is 2.29. The number of hydrogen-bond acceptors (Lipinski definition) is 5. The molecule has 8 nitrogen and oxygen atoms in total. The normalized spacial score (nSPS) is 18.0. The summed E-state index contributed by atoms with van der Waals surface area (Å²) < 4.78 is 5.43. The van der Waals surface area contributed by atoms with Gasteiger partial charge in [-0.2, -0.15) is 5.10 Å². The molecule has 2 aromatic carbocycles. The summed E-state index contributed by atoms with van der Waals surface area (Å²) in [6.07, 6.45) is 1.28. The standard InChI is InChI=1S/C27H33Cl2N5O3/c1-2-11-30-27(36)33(13-12-32-14-16-37-17-15-32)19-26(35)34-25(21-8-4-6-10-23(21)29)18-24(31-34)20-7-3-5-9-22(20)28/h3-10,25H,2,11-19H2,1H3,(H,30,36)/t25-/m1/s1. The van der Waals surface area contributed by atoms with E-state index in [1.165, 1.54) is 5.01 Å². The minimum atomic E-state index is -0.396. The smallest absolute Gasteiger partial charge is 0.317 e. The van der Waals surface area contributed by atoms with E-state index in [0.717, 1.165) is 30.6 Å². The first-order valence-electron chi connectivity index (χ1n) is 12.7. The van der Waals surface area contributed by atoms with Crippen LogP contribution >= 0.6 is 23.2 Å². The van der Waals surface area contributed by atoms with Crippen molar-refractivity contribution in [3.05, 3.63) is 69.7 Å². The Morgan fingerprint density at radius 2 is 1.78 bits per heavy atom. The lowest BCUT2D eigenvalue weighted by molar-refractivity contribution is -0.133. The van der Waals surface area contributed by atoms with Crippen LogP contribution in [0, 0.1) is 0 Å². The molecule has 37 heavy (non-hydrogen) atoms. The number of amides is 3. The number of morpholine rings is 1. The molecule has 1 saturated heterocycles. The van der Waals surface area contributed by atoms with Gasteiger partial charge >= 0.3 is 6.03 Å². The zero-order valence-corrected chi connectivity index (χ0v) is 22.5. The molecule has 198 valence electrons. The molecule has 0 spiro atoms. The first-order valence-corrected chi connectivity index (χ1v) is 13.4. The molecule has 0 saturated carbocycles. The highest BCUT2D eigenvalue weighted by molar-refractivity contribution is 6.34. The first kappa shape index (κ1) is 27.4. The molecule has 2 aromatic rings. The number of carbonyl (C=O) groups is 2. The molecule has 2 aliphatic rings. The Labute approximate surface area is 228 Å². The van der Waals surface area contributed by atoms with Crippen molar-refractivity contribution in [3.63, 3.8) is 0 Å². The number of rotatable bonds is 9. The van der Waals surface area contributed by atoms with E-state index in [2.05, 4.69) is 10.2 Å². The van der Waals surface area contributed by atoms with E-state index in [0.29, 0.717) is 55.0 Å². The van der Waals surface area contributed by atoms with Gasteiger partial charge in [-0.1, -0.05) is 66.5 Å². The Morgan fingerprint density at radius 1 is 1.08 bits per heavy atom. The van der Waals surface area contributed by atoms with Crippen LogP contribution in [0.4, 0.5) is 4.79 Å². The van der Waals surface area contributed by atoms with Gasteiger partial charge in [0, 0.05) is 54.8 Å². The zero-order chi connectivity index (χ0) is 26.2. The van der Waals surface area contributed by atoms with Gasteiger partial charge in [0.1, 0.15) is 6.54 Å². The third kappa shape index (κ3) is 7.02. The lowest BCUT2D eigenvalue weighted by Gasteiger charge is -2.31. The van der Waals surface area contributed by atoms with Gasteiger partial charge in [0.25, 0.3) is 5.91 Å². The van der Waals surface area contributed by atoms with E-state index in [-0.39, 0.29) is 18.5 Å². The van der Waals surface area contributed by atoms with Crippen LogP contribution in [0.3, 0.4) is 0 Å². The second-order valence-corrected chi connectivity index (χ2v) is 9.93. The Kier molecular flexibility index (Phi) is 9.80. The maximum absolute atomic E-state index is 13.7. The van der Waals surface area contributed by atoms with Gasteiger partial charge in [0.2, 0.25) is 0 Å². The Bertz CT molecular complexity index is 1120. The summed E-state index contributed by atoms with van der Waals surface area (Å²) in [6, 6.07) is 14.3. The number of hydrazone groups is 1. The predicted molar refractivity (Wildman–Crippen MR) is 146 cm³/mol.